The number of carboxylic acid groups (broad SMARTS) is 1. The molecule has 0 radical (unpaired) electrons. The van der Waals surface area contributed by atoms with E-state index in [0.717, 1.165) is 0 Å². The van der Waals surface area contributed by atoms with E-state index in [9.17, 15) is 19.5 Å². The summed E-state index contributed by atoms with van der Waals surface area (Å²) in [5.74, 6) is -0.789. The van der Waals surface area contributed by atoms with Crippen LogP contribution in [0, 0.1) is 0 Å². The first-order chi connectivity index (χ1) is 12.0. The molecule has 0 aromatic heterocycles. The SMILES string of the molecule is C/N=C(\NC)NCCCC(NCCCCN1C(=O)C=CC1=O)C(=O)O. The summed E-state index contributed by atoms with van der Waals surface area (Å²) in [5, 5.41) is 18.2. The van der Waals surface area contributed by atoms with Crippen LogP contribution in [0.4, 0.5) is 0 Å². The first-order valence-corrected chi connectivity index (χ1v) is 8.37. The predicted molar refractivity (Wildman–Crippen MR) is 94.2 cm³/mol. The van der Waals surface area contributed by atoms with Crippen molar-refractivity contribution in [2.45, 2.75) is 31.7 Å². The highest BCUT2D eigenvalue weighted by Gasteiger charge is 2.22. The summed E-state index contributed by atoms with van der Waals surface area (Å²) < 4.78 is 0. The number of carbonyl (C=O) groups is 3. The van der Waals surface area contributed by atoms with Gasteiger partial charge in [0.25, 0.3) is 11.8 Å². The fourth-order valence-corrected chi connectivity index (χ4v) is 2.43. The number of aliphatic imine (C=N–C) groups is 1. The first-order valence-electron chi connectivity index (χ1n) is 8.37. The Bertz CT molecular complexity index is 515. The smallest absolute Gasteiger partial charge is 0.320 e. The Morgan fingerprint density at radius 3 is 2.44 bits per heavy atom. The van der Waals surface area contributed by atoms with E-state index in [2.05, 4.69) is 20.9 Å². The van der Waals surface area contributed by atoms with Crippen molar-refractivity contribution in [3.05, 3.63) is 12.2 Å². The van der Waals surface area contributed by atoms with E-state index >= 15 is 0 Å². The number of hydrogen-bond acceptors (Lipinski definition) is 5. The molecule has 1 aliphatic rings. The number of guanidine groups is 1. The van der Waals surface area contributed by atoms with Crippen LogP contribution in [-0.2, 0) is 14.4 Å². The molecule has 1 heterocycles. The van der Waals surface area contributed by atoms with E-state index in [1.54, 1.807) is 14.1 Å². The van der Waals surface area contributed by atoms with Crippen molar-refractivity contribution in [3.63, 3.8) is 0 Å². The standard InChI is InChI=1S/C16H27N5O4/c1-17-16(18-2)20-10-5-6-12(15(24)25)19-9-3-4-11-21-13(22)7-8-14(21)23/h7-8,12,19H,3-6,9-11H2,1-2H3,(H,24,25)(H2,17,18,20). The first kappa shape index (κ1) is 20.6. The van der Waals surface area contributed by atoms with Crippen LogP contribution in [0.15, 0.2) is 17.1 Å². The second-order valence-electron chi connectivity index (χ2n) is 5.60. The van der Waals surface area contributed by atoms with Crippen molar-refractivity contribution in [1.29, 1.82) is 0 Å². The fraction of sp³-hybridized carbons (Fsp3) is 0.625. The maximum Gasteiger partial charge on any atom is 0.320 e. The van der Waals surface area contributed by atoms with Gasteiger partial charge < -0.3 is 21.1 Å². The highest BCUT2D eigenvalue weighted by Crippen LogP contribution is 2.05. The second-order valence-corrected chi connectivity index (χ2v) is 5.60. The molecule has 4 N–H and O–H groups in total. The molecule has 0 fully saturated rings. The van der Waals surface area contributed by atoms with Gasteiger partial charge in [-0.3, -0.25) is 24.3 Å². The molecule has 2 amide bonds. The van der Waals surface area contributed by atoms with Gasteiger partial charge >= 0.3 is 5.97 Å². The predicted octanol–water partition coefficient (Wildman–Crippen LogP) is -0.691. The molecule has 0 saturated heterocycles. The van der Waals surface area contributed by atoms with E-state index in [0.29, 0.717) is 51.3 Å². The molecular weight excluding hydrogens is 326 g/mol. The zero-order valence-electron chi connectivity index (χ0n) is 14.7. The highest BCUT2D eigenvalue weighted by atomic mass is 16.4. The monoisotopic (exact) mass is 353 g/mol. The maximum absolute atomic E-state index is 11.4. The number of unbranched alkanes of at least 4 members (excludes halogenated alkanes) is 1. The van der Waals surface area contributed by atoms with Crippen LogP contribution in [0.5, 0.6) is 0 Å². The third kappa shape index (κ3) is 7.34. The lowest BCUT2D eigenvalue weighted by atomic mass is 10.1. The lowest BCUT2D eigenvalue weighted by Gasteiger charge is -2.16. The molecule has 0 aromatic carbocycles. The largest absolute Gasteiger partial charge is 0.480 e. The Hall–Kier alpha value is -2.42. The van der Waals surface area contributed by atoms with Crippen molar-refractivity contribution in [2.75, 3.05) is 33.7 Å². The number of aliphatic carboxylic acids is 1. The maximum atomic E-state index is 11.4. The van der Waals surface area contributed by atoms with E-state index in [-0.39, 0.29) is 11.8 Å². The van der Waals surface area contributed by atoms with Crippen molar-refractivity contribution in [2.24, 2.45) is 4.99 Å². The van der Waals surface area contributed by atoms with Crippen LogP contribution >= 0.6 is 0 Å². The van der Waals surface area contributed by atoms with Gasteiger partial charge in [0, 0.05) is 39.3 Å². The molecule has 1 aliphatic heterocycles. The molecule has 1 rings (SSSR count). The van der Waals surface area contributed by atoms with Crippen LogP contribution in [0.1, 0.15) is 25.7 Å². The van der Waals surface area contributed by atoms with Crippen molar-refractivity contribution < 1.29 is 19.5 Å². The van der Waals surface area contributed by atoms with Gasteiger partial charge in [-0.2, -0.15) is 0 Å². The van der Waals surface area contributed by atoms with Gasteiger partial charge in [0.1, 0.15) is 6.04 Å². The lowest BCUT2D eigenvalue weighted by molar-refractivity contribution is -0.140. The average molecular weight is 353 g/mol. The van der Waals surface area contributed by atoms with E-state index < -0.39 is 12.0 Å². The summed E-state index contributed by atoms with van der Waals surface area (Å²) in [6, 6.07) is -0.616. The molecule has 0 saturated carbocycles. The lowest BCUT2D eigenvalue weighted by Crippen LogP contribution is -2.39. The molecule has 140 valence electrons. The molecule has 0 bridgehead atoms. The molecule has 0 spiro atoms. The molecule has 0 aliphatic carbocycles. The third-order valence-corrected chi connectivity index (χ3v) is 3.82. The summed E-state index contributed by atoms with van der Waals surface area (Å²) >= 11 is 0. The van der Waals surface area contributed by atoms with Crippen LogP contribution in [0.25, 0.3) is 0 Å². The van der Waals surface area contributed by atoms with E-state index in [1.165, 1.54) is 17.1 Å². The number of amides is 2. The van der Waals surface area contributed by atoms with E-state index in [1.807, 2.05) is 0 Å². The fourth-order valence-electron chi connectivity index (χ4n) is 2.43. The number of hydrogen-bond donors (Lipinski definition) is 4. The van der Waals surface area contributed by atoms with Crippen LogP contribution in [0.3, 0.4) is 0 Å². The molecule has 0 aromatic rings. The summed E-state index contributed by atoms with van der Waals surface area (Å²) in [6.07, 6.45) is 5.03. The van der Waals surface area contributed by atoms with Crippen LogP contribution < -0.4 is 16.0 Å². The summed E-state index contributed by atoms with van der Waals surface area (Å²) in [5.41, 5.74) is 0. The molecule has 1 unspecified atom stereocenters. The molecule has 1 atom stereocenters. The molecule has 9 nitrogen and oxygen atoms in total. The number of nitrogens with one attached hydrogen (secondary N) is 3. The number of imide groups is 1. The normalized spacial score (nSPS) is 15.6. The topological polar surface area (TPSA) is 123 Å². The van der Waals surface area contributed by atoms with Crippen LogP contribution in [0.2, 0.25) is 0 Å². The summed E-state index contributed by atoms with van der Waals surface area (Å²) in [7, 11) is 3.43. The Labute approximate surface area is 147 Å². The minimum Gasteiger partial charge on any atom is -0.480 e. The molecule has 25 heavy (non-hydrogen) atoms. The van der Waals surface area contributed by atoms with Gasteiger partial charge in [-0.15, -0.1) is 0 Å². The number of carboxylic acids is 1. The van der Waals surface area contributed by atoms with Gasteiger partial charge in [0.15, 0.2) is 5.96 Å². The van der Waals surface area contributed by atoms with Crippen molar-refractivity contribution >= 4 is 23.7 Å². The zero-order chi connectivity index (χ0) is 18.7. The van der Waals surface area contributed by atoms with Gasteiger partial charge in [0.05, 0.1) is 0 Å². The Morgan fingerprint density at radius 1 is 1.20 bits per heavy atom. The minimum atomic E-state index is -0.882. The second kappa shape index (κ2) is 11.2. The van der Waals surface area contributed by atoms with E-state index in [4.69, 9.17) is 0 Å². The Kier molecular flexibility index (Phi) is 9.23. The number of carbonyl (C=O) groups excluding carboxylic acids is 2. The van der Waals surface area contributed by atoms with Crippen molar-refractivity contribution in [1.82, 2.24) is 20.9 Å². The quantitative estimate of drug-likeness (QED) is 0.168. The Morgan fingerprint density at radius 2 is 1.88 bits per heavy atom. The Balaban J connectivity index is 2.17. The number of nitrogens with zero attached hydrogens (tertiary/aromatic N) is 2. The van der Waals surface area contributed by atoms with Crippen molar-refractivity contribution in [3.8, 4) is 0 Å². The average Bonchev–Trinajstić information content (AvgIpc) is 2.91. The molecule has 9 heteroatoms. The minimum absolute atomic E-state index is 0.287. The summed E-state index contributed by atoms with van der Waals surface area (Å²) in [6.45, 7) is 1.51. The number of rotatable bonds is 11. The zero-order valence-corrected chi connectivity index (χ0v) is 14.7. The van der Waals surface area contributed by atoms with Crippen LogP contribution in [-0.4, -0.2) is 73.5 Å². The van der Waals surface area contributed by atoms with Gasteiger partial charge in [-0.1, -0.05) is 0 Å². The highest BCUT2D eigenvalue weighted by molar-refractivity contribution is 6.12. The van der Waals surface area contributed by atoms with Gasteiger partial charge in [0.2, 0.25) is 0 Å². The summed E-state index contributed by atoms with van der Waals surface area (Å²) in [4.78, 5) is 39.2. The van der Waals surface area contributed by atoms with Gasteiger partial charge in [-0.05, 0) is 32.2 Å². The molecular formula is C16H27N5O4. The third-order valence-electron chi connectivity index (χ3n) is 3.82. The van der Waals surface area contributed by atoms with Gasteiger partial charge in [-0.25, -0.2) is 0 Å².